The minimum atomic E-state index is 0.972. The van der Waals surface area contributed by atoms with Gasteiger partial charge in [-0.1, -0.05) is 72.8 Å². The van der Waals surface area contributed by atoms with E-state index in [-0.39, 0.29) is 0 Å². The van der Waals surface area contributed by atoms with Crippen molar-refractivity contribution in [1.29, 1.82) is 0 Å². The SMILES string of the molecule is c1ccc(-c2ccc(-c3ncnc4ccccc34)cc2)cc1. The van der Waals surface area contributed by atoms with Crippen LogP contribution in [0.5, 0.6) is 0 Å². The summed E-state index contributed by atoms with van der Waals surface area (Å²) >= 11 is 0. The molecule has 0 aliphatic rings. The van der Waals surface area contributed by atoms with Crippen molar-refractivity contribution in [1.82, 2.24) is 9.97 Å². The van der Waals surface area contributed by atoms with Crippen LogP contribution in [-0.2, 0) is 0 Å². The lowest BCUT2D eigenvalue weighted by Gasteiger charge is -2.07. The molecule has 3 aromatic carbocycles. The molecular formula is C20H14N2. The van der Waals surface area contributed by atoms with Gasteiger partial charge in [0, 0.05) is 10.9 Å². The van der Waals surface area contributed by atoms with Crippen LogP contribution in [0.25, 0.3) is 33.3 Å². The standard InChI is InChI=1S/C20H14N2/c1-2-6-15(7-3-1)16-10-12-17(13-11-16)20-18-8-4-5-9-19(18)21-14-22-20/h1-14H. The third-order valence-electron chi connectivity index (χ3n) is 3.81. The second-order valence-electron chi connectivity index (χ2n) is 5.18. The zero-order valence-corrected chi connectivity index (χ0v) is 12.0. The zero-order valence-electron chi connectivity index (χ0n) is 12.0. The molecule has 0 unspecified atom stereocenters. The number of aromatic nitrogens is 2. The third kappa shape index (κ3) is 2.25. The van der Waals surface area contributed by atoms with E-state index in [4.69, 9.17) is 0 Å². The van der Waals surface area contributed by atoms with Crippen LogP contribution in [-0.4, -0.2) is 9.97 Å². The maximum atomic E-state index is 4.47. The van der Waals surface area contributed by atoms with Gasteiger partial charge in [0.2, 0.25) is 0 Å². The summed E-state index contributed by atoms with van der Waals surface area (Å²) in [4.78, 5) is 8.79. The zero-order chi connectivity index (χ0) is 14.8. The van der Waals surface area contributed by atoms with Gasteiger partial charge >= 0.3 is 0 Å². The van der Waals surface area contributed by atoms with Crippen molar-refractivity contribution in [2.24, 2.45) is 0 Å². The highest BCUT2D eigenvalue weighted by atomic mass is 14.8. The van der Waals surface area contributed by atoms with Gasteiger partial charge in [-0.2, -0.15) is 0 Å². The molecule has 0 atom stereocenters. The Morgan fingerprint density at radius 2 is 1.14 bits per heavy atom. The highest BCUT2D eigenvalue weighted by Crippen LogP contribution is 2.27. The molecule has 4 aromatic rings. The molecule has 0 spiro atoms. The number of hydrogen-bond donors (Lipinski definition) is 0. The van der Waals surface area contributed by atoms with E-state index in [0.29, 0.717) is 0 Å². The first-order valence-corrected chi connectivity index (χ1v) is 7.27. The van der Waals surface area contributed by atoms with Gasteiger partial charge in [0.1, 0.15) is 6.33 Å². The minimum Gasteiger partial charge on any atom is -0.236 e. The van der Waals surface area contributed by atoms with E-state index in [1.54, 1.807) is 6.33 Å². The number of rotatable bonds is 2. The molecule has 0 aliphatic carbocycles. The first-order chi connectivity index (χ1) is 10.9. The lowest BCUT2D eigenvalue weighted by molar-refractivity contribution is 1.22. The van der Waals surface area contributed by atoms with Crippen molar-refractivity contribution in [3.8, 4) is 22.4 Å². The molecule has 104 valence electrons. The summed E-state index contributed by atoms with van der Waals surface area (Å²) in [5.41, 5.74) is 5.49. The maximum Gasteiger partial charge on any atom is 0.116 e. The smallest absolute Gasteiger partial charge is 0.116 e. The Balaban J connectivity index is 1.80. The molecule has 0 radical (unpaired) electrons. The van der Waals surface area contributed by atoms with Crippen molar-refractivity contribution in [2.75, 3.05) is 0 Å². The van der Waals surface area contributed by atoms with Gasteiger partial charge in [0.15, 0.2) is 0 Å². The van der Waals surface area contributed by atoms with Gasteiger partial charge < -0.3 is 0 Å². The Bertz CT molecular complexity index is 908. The molecule has 2 heteroatoms. The van der Waals surface area contributed by atoms with Crippen LogP contribution in [0.3, 0.4) is 0 Å². The summed E-state index contributed by atoms with van der Waals surface area (Å²) in [5.74, 6) is 0. The Morgan fingerprint density at radius 1 is 0.500 bits per heavy atom. The molecule has 1 heterocycles. The van der Waals surface area contributed by atoms with Crippen molar-refractivity contribution < 1.29 is 0 Å². The Labute approximate surface area is 129 Å². The normalized spacial score (nSPS) is 10.7. The van der Waals surface area contributed by atoms with Gasteiger partial charge in [0.25, 0.3) is 0 Å². The molecule has 1 aromatic heterocycles. The van der Waals surface area contributed by atoms with Crippen molar-refractivity contribution in [2.45, 2.75) is 0 Å². The first-order valence-electron chi connectivity index (χ1n) is 7.27. The molecule has 2 nitrogen and oxygen atoms in total. The van der Waals surface area contributed by atoms with E-state index >= 15 is 0 Å². The molecule has 0 N–H and O–H groups in total. The van der Waals surface area contributed by atoms with Crippen LogP contribution in [0.15, 0.2) is 85.2 Å². The predicted octanol–water partition coefficient (Wildman–Crippen LogP) is 4.96. The van der Waals surface area contributed by atoms with Gasteiger partial charge in [-0.3, -0.25) is 0 Å². The second-order valence-corrected chi connectivity index (χ2v) is 5.18. The van der Waals surface area contributed by atoms with Gasteiger partial charge in [-0.05, 0) is 17.2 Å². The van der Waals surface area contributed by atoms with Crippen LogP contribution < -0.4 is 0 Å². The second kappa shape index (κ2) is 5.41. The summed E-state index contributed by atoms with van der Waals surface area (Å²) in [6.07, 6.45) is 1.63. The first kappa shape index (κ1) is 12.7. The van der Waals surface area contributed by atoms with Crippen molar-refractivity contribution >= 4 is 10.9 Å². The summed E-state index contributed by atoms with van der Waals surface area (Å²) in [7, 11) is 0. The Kier molecular flexibility index (Phi) is 3.13. The molecule has 4 rings (SSSR count). The molecule has 0 saturated heterocycles. The Hall–Kier alpha value is -3.00. The largest absolute Gasteiger partial charge is 0.236 e. The van der Waals surface area contributed by atoms with E-state index in [2.05, 4.69) is 64.6 Å². The molecule has 0 bridgehead atoms. The fourth-order valence-electron chi connectivity index (χ4n) is 2.69. The van der Waals surface area contributed by atoms with Crippen LogP contribution in [0.2, 0.25) is 0 Å². The third-order valence-corrected chi connectivity index (χ3v) is 3.81. The monoisotopic (exact) mass is 282 g/mol. The number of hydrogen-bond acceptors (Lipinski definition) is 2. The summed E-state index contributed by atoms with van der Waals surface area (Å²) in [5, 5.41) is 1.08. The average Bonchev–Trinajstić information content (AvgIpc) is 2.62. The fraction of sp³-hybridized carbons (Fsp3) is 0. The van der Waals surface area contributed by atoms with Crippen molar-refractivity contribution in [3.63, 3.8) is 0 Å². The highest BCUT2D eigenvalue weighted by molar-refractivity contribution is 5.92. The van der Waals surface area contributed by atoms with Gasteiger partial charge in [-0.15, -0.1) is 0 Å². The van der Waals surface area contributed by atoms with Crippen LogP contribution in [0.1, 0.15) is 0 Å². The van der Waals surface area contributed by atoms with E-state index in [9.17, 15) is 0 Å². The number of fused-ring (bicyclic) bond motifs is 1. The topological polar surface area (TPSA) is 25.8 Å². The molecule has 0 aliphatic heterocycles. The summed E-state index contributed by atoms with van der Waals surface area (Å²) < 4.78 is 0. The van der Waals surface area contributed by atoms with E-state index < -0.39 is 0 Å². The van der Waals surface area contributed by atoms with Crippen LogP contribution in [0, 0.1) is 0 Å². The average molecular weight is 282 g/mol. The summed E-state index contributed by atoms with van der Waals surface area (Å²) in [6, 6.07) is 27.0. The minimum absolute atomic E-state index is 0.972. The van der Waals surface area contributed by atoms with E-state index in [0.717, 1.165) is 22.2 Å². The predicted molar refractivity (Wildman–Crippen MR) is 90.4 cm³/mol. The number of nitrogens with zero attached hydrogens (tertiary/aromatic N) is 2. The Morgan fingerprint density at radius 3 is 1.95 bits per heavy atom. The van der Waals surface area contributed by atoms with Crippen LogP contribution >= 0.6 is 0 Å². The maximum absolute atomic E-state index is 4.47. The lowest BCUT2D eigenvalue weighted by Crippen LogP contribution is -1.88. The molecule has 0 fully saturated rings. The molecule has 0 amide bonds. The quantitative estimate of drug-likeness (QED) is 0.519. The highest BCUT2D eigenvalue weighted by Gasteiger charge is 2.06. The lowest BCUT2D eigenvalue weighted by atomic mass is 10.0. The fourth-order valence-corrected chi connectivity index (χ4v) is 2.69. The van der Waals surface area contributed by atoms with Gasteiger partial charge in [-0.25, -0.2) is 9.97 Å². The number of para-hydroxylation sites is 1. The van der Waals surface area contributed by atoms with Crippen molar-refractivity contribution in [3.05, 3.63) is 85.2 Å². The molecule has 22 heavy (non-hydrogen) atoms. The summed E-state index contributed by atoms with van der Waals surface area (Å²) in [6.45, 7) is 0. The van der Waals surface area contributed by atoms with Gasteiger partial charge in [0.05, 0.1) is 11.2 Å². The van der Waals surface area contributed by atoms with Crippen LogP contribution in [0.4, 0.5) is 0 Å². The number of benzene rings is 3. The van der Waals surface area contributed by atoms with E-state index in [1.807, 2.05) is 24.3 Å². The molecular weight excluding hydrogens is 268 g/mol. The molecule has 0 saturated carbocycles. The van der Waals surface area contributed by atoms with E-state index in [1.165, 1.54) is 11.1 Å².